The average Bonchev–Trinajstić information content (AvgIpc) is 2.49. The van der Waals surface area contributed by atoms with E-state index in [0.29, 0.717) is 34.3 Å². The Morgan fingerprint density at radius 3 is 2.52 bits per heavy atom. The van der Waals surface area contributed by atoms with Crippen LogP contribution < -0.4 is 5.43 Å². The summed E-state index contributed by atoms with van der Waals surface area (Å²) in [6.07, 6.45) is 1.42. The lowest BCUT2D eigenvalue weighted by molar-refractivity contribution is 0.533. The molecule has 0 aliphatic carbocycles. The van der Waals surface area contributed by atoms with Crippen molar-refractivity contribution in [2.45, 2.75) is 19.8 Å². The lowest BCUT2D eigenvalue weighted by atomic mass is 9.99. The maximum Gasteiger partial charge on any atom is 0.200 e. The van der Waals surface area contributed by atoms with E-state index in [0.717, 1.165) is 6.42 Å². The van der Waals surface area contributed by atoms with E-state index in [2.05, 4.69) is 0 Å². The van der Waals surface area contributed by atoms with Crippen LogP contribution in [0.2, 0.25) is 0 Å². The summed E-state index contributed by atoms with van der Waals surface area (Å²) in [7, 11) is 0. The third kappa shape index (κ3) is 2.35. The van der Waals surface area contributed by atoms with E-state index in [9.17, 15) is 9.18 Å². The summed E-state index contributed by atoms with van der Waals surface area (Å²) < 4.78 is 20.0. The van der Waals surface area contributed by atoms with Gasteiger partial charge in [0.1, 0.15) is 17.2 Å². The summed E-state index contributed by atoms with van der Waals surface area (Å²) >= 11 is 0. The summed E-state index contributed by atoms with van der Waals surface area (Å²) in [5.41, 5.74) is 1.02. The second-order valence-electron chi connectivity index (χ2n) is 4.96. The molecule has 0 amide bonds. The Kier molecular flexibility index (Phi) is 3.57. The summed E-state index contributed by atoms with van der Waals surface area (Å²) in [6, 6.07) is 13.4. The monoisotopic (exact) mass is 282 g/mol. The van der Waals surface area contributed by atoms with Crippen molar-refractivity contribution in [3.63, 3.8) is 0 Å². The first-order chi connectivity index (χ1) is 10.2. The number of benzene rings is 2. The van der Waals surface area contributed by atoms with Crippen molar-refractivity contribution in [1.29, 1.82) is 0 Å². The minimum atomic E-state index is -0.405. The highest BCUT2D eigenvalue weighted by molar-refractivity contribution is 5.82. The van der Waals surface area contributed by atoms with Crippen LogP contribution in [0.15, 0.2) is 57.7 Å². The highest BCUT2D eigenvalue weighted by atomic mass is 19.1. The number of aryl methyl sites for hydroxylation is 1. The highest BCUT2D eigenvalue weighted by Gasteiger charge is 2.17. The Bertz CT molecular complexity index is 849. The number of halogens is 1. The van der Waals surface area contributed by atoms with Crippen LogP contribution in [-0.2, 0) is 6.42 Å². The van der Waals surface area contributed by atoms with Crippen molar-refractivity contribution in [2.24, 2.45) is 0 Å². The van der Waals surface area contributed by atoms with Crippen LogP contribution in [0.3, 0.4) is 0 Å². The molecule has 0 N–H and O–H groups in total. The SMILES string of the molecule is CCCc1oc2ccccc2c(=O)c1-c1ccccc1F. The van der Waals surface area contributed by atoms with Crippen LogP contribution in [-0.4, -0.2) is 0 Å². The van der Waals surface area contributed by atoms with E-state index >= 15 is 0 Å². The van der Waals surface area contributed by atoms with Crippen molar-refractivity contribution in [2.75, 3.05) is 0 Å². The van der Waals surface area contributed by atoms with Crippen LogP contribution in [0.5, 0.6) is 0 Å². The van der Waals surface area contributed by atoms with Crippen molar-refractivity contribution >= 4 is 11.0 Å². The van der Waals surface area contributed by atoms with Gasteiger partial charge in [-0.3, -0.25) is 4.79 Å². The summed E-state index contributed by atoms with van der Waals surface area (Å²) in [5.74, 6) is 0.142. The predicted molar refractivity (Wildman–Crippen MR) is 81.9 cm³/mol. The molecule has 0 fully saturated rings. The molecule has 0 aliphatic rings. The van der Waals surface area contributed by atoms with Crippen molar-refractivity contribution in [3.05, 3.63) is 70.3 Å². The Morgan fingerprint density at radius 2 is 1.76 bits per heavy atom. The normalized spacial score (nSPS) is 11.0. The fraction of sp³-hybridized carbons (Fsp3) is 0.167. The van der Waals surface area contributed by atoms with E-state index in [1.54, 1.807) is 36.4 Å². The maximum atomic E-state index is 14.1. The van der Waals surface area contributed by atoms with Crippen molar-refractivity contribution in [1.82, 2.24) is 0 Å². The standard InChI is InChI=1S/C18H15FO2/c1-2-7-16-17(12-8-3-5-10-14(12)19)18(20)13-9-4-6-11-15(13)21-16/h3-6,8-11H,2,7H2,1H3. The van der Waals surface area contributed by atoms with Gasteiger partial charge in [-0.05, 0) is 24.6 Å². The van der Waals surface area contributed by atoms with Gasteiger partial charge in [0.25, 0.3) is 0 Å². The Morgan fingerprint density at radius 1 is 1.05 bits per heavy atom. The topological polar surface area (TPSA) is 30.2 Å². The molecule has 2 aromatic carbocycles. The summed E-state index contributed by atoms with van der Waals surface area (Å²) in [5, 5.41) is 0.482. The van der Waals surface area contributed by atoms with Gasteiger partial charge in [0, 0.05) is 12.0 Å². The first-order valence-electron chi connectivity index (χ1n) is 7.02. The predicted octanol–water partition coefficient (Wildman–Crippen LogP) is 4.55. The second kappa shape index (κ2) is 5.52. The fourth-order valence-corrected chi connectivity index (χ4v) is 2.53. The molecule has 0 saturated heterocycles. The number of hydrogen-bond donors (Lipinski definition) is 0. The third-order valence-corrected chi connectivity index (χ3v) is 3.49. The number of para-hydroxylation sites is 1. The summed E-state index contributed by atoms with van der Waals surface area (Å²) in [6.45, 7) is 2.00. The number of hydrogen-bond acceptors (Lipinski definition) is 2. The quantitative estimate of drug-likeness (QED) is 0.705. The van der Waals surface area contributed by atoms with Gasteiger partial charge in [-0.15, -0.1) is 0 Å². The molecule has 3 heteroatoms. The zero-order valence-corrected chi connectivity index (χ0v) is 11.7. The van der Waals surface area contributed by atoms with E-state index in [4.69, 9.17) is 4.42 Å². The first-order valence-corrected chi connectivity index (χ1v) is 7.02. The lowest BCUT2D eigenvalue weighted by Crippen LogP contribution is -2.10. The number of rotatable bonds is 3. The van der Waals surface area contributed by atoms with Crippen molar-refractivity contribution < 1.29 is 8.81 Å². The zero-order chi connectivity index (χ0) is 14.8. The smallest absolute Gasteiger partial charge is 0.200 e. The molecule has 0 radical (unpaired) electrons. The van der Waals surface area contributed by atoms with Gasteiger partial charge >= 0.3 is 0 Å². The largest absolute Gasteiger partial charge is 0.460 e. The van der Waals surface area contributed by atoms with E-state index < -0.39 is 5.82 Å². The minimum Gasteiger partial charge on any atom is -0.460 e. The van der Waals surface area contributed by atoms with Crippen LogP contribution in [0.1, 0.15) is 19.1 Å². The molecule has 0 spiro atoms. The molecular weight excluding hydrogens is 267 g/mol. The molecule has 3 rings (SSSR count). The van der Waals surface area contributed by atoms with Crippen LogP contribution in [0.25, 0.3) is 22.1 Å². The molecule has 0 aliphatic heterocycles. The molecule has 1 heterocycles. The zero-order valence-electron chi connectivity index (χ0n) is 11.7. The Balaban J connectivity index is 2.40. The highest BCUT2D eigenvalue weighted by Crippen LogP contribution is 2.27. The van der Waals surface area contributed by atoms with Gasteiger partial charge in [-0.2, -0.15) is 0 Å². The van der Waals surface area contributed by atoms with Crippen LogP contribution >= 0.6 is 0 Å². The molecule has 106 valence electrons. The molecule has 0 saturated carbocycles. The molecule has 21 heavy (non-hydrogen) atoms. The third-order valence-electron chi connectivity index (χ3n) is 3.49. The molecule has 1 aromatic heterocycles. The maximum absolute atomic E-state index is 14.1. The van der Waals surface area contributed by atoms with Crippen LogP contribution in [0, 0.1) is 5.82 Å². The fourth-order valence-electron chi connectivity index (χ4n) is 2.53. The second-order valence-corrected chi connectivity index (χ2v) is 4.96. The first kappa shape index (κ1) is 13.6. The van der Waals surface area contributed by atoms with Crippen LogP contribution in [0.4, 0.5) is 4.39 Å². The van der Waals surface area contributed by atoms with Gasteiger partial charge in [-0.1, -0.05) is 37.3 Å². The molecule has 0 bridgehead atoms. The van der Waals surface area contributed by atoms with Gasteiger partial charge in [0.15, 0.2) is 0 Å². The summed E-state index contributed by atoms with van der Waals surface area (Å²) in [4.78, 5) is 12.8. The van der Waals surface area contributed by atoms with E-state index in [1.165, 1.54) is 6.07 Å². The van der Waals surface area contributed by atoms with Gasteiger partial charge in [0.2, 0.25) is 5.43 Å². The molecule has 2 nitrogen and oxygen atoms in total. The molecule has 0 atom stereocenters. The van der Waals surface area contributed by atoms with E-state index in [-0.39, 0.29) is 5.43 Å². The van der Waals surface area contributed by atoms with Crippen molar-refractivity contribution in [3.8, 4) is 11.1 Å². The molecular formula is C18H15FO2. The van der Waals surface area contributed by atoms with Gasteiger partial charge in [-0.25, -0.2) is 4.39 Å². The number of fused-ring (bicyclic) bond motifs is 1. The van der Waals surface area contributed by atoms with Gasteiger partial charge in [0.05, 0.1) is 10.9 Å². The lowest BCUT2D eigenvalue weighted by Gasteiger charge is -2.10. The minimum absolute atomic E-state index is 0.176. The Hall–Kier alpha value is -2.42. The molecule has 0 unspecified atom stereocenters. The molecule has 3 aromatic rings. The van der Waals surface area contributed by atoms with E-state index in [1.807, 2.05) is 13.0 Å². The average molecular weight is 282 g/mol. The van der Waals surface area contributed by atoms with Gasteiger partial charge < -0.3 is 4.42 Å². The Labute approximate surface area is 121 Å².